The molecule has 1 N–H and O–H groups in total. The van der Waals surface area contributed by atoms with Gasteiger partial charge >= 0.3 is 11.7 Å². The molecule has 2 rings (SSSR count). The largest absolute Gasteiger partial charge is 0.487 e. The van der Waals surface area contributed by atoms with Gasteiger partial charge in [-0.25, -0.2) is 9.48 Å². The molecule has 2 aromatic rings. The van der Waals surface area contributed by atoms with Crippen LogP contribution in [0.25, 0.3) is 5.69 Å². The molecular weight excluding hydrogens is 278 g/mol. The van der Waals surface area contributed by atoms with E-state index >= 15 is 0 Å². The lowest BCUT2D eigenvalue weighted by Gasteiger charge is -2.07. The van der Waals surface area contributed by atoms with E-state index in [1.165, 1.54) is 29.1 Å². The fourth-order valence-electron chi connectivity index (χ4n) is 1.87. The molecule has 0 aliphatic carbocycles. The minimum absolute atomic E-state index is 0.0753. The van der Waals surface area contributed by atoms with Crippen LogP contribution in [0.5, 0.6) is 5.75 Å². The van der Waals surface area contributed by atoms with Crippen LogP contribution in [0.15, 0.2) is 24.4 Å². The standard InChI is InChI=1S/C13H13N3O5/c1-3-21-12-6-9(4-5-11(12)16(19)20)15-7-10(13(17)18)8(2)14-15/h4-7H,3H2,1-2H3,(H,17,18). The van der Waals surface area contributed by atoms with Crippen molar-refractivity contribution in [3.8, 4) is 11.4 Å². The van der Waals surface area contributed by atoms with E-state index in [9.17, 15) is 14.9 Å². The highest BCUT2D eigenvalue weighted by molar-refractivity contribution is 5.88. The van der Waals surface area contributed by atoms with Gasteiger partial charge in [0.1, 0.15) is 5.56 Å². The van der Waals surface area contributed by atoms with E-state index in [2.05, 4.69) is 5.10 Å². The van der Waals surface area contributed by atoms with Crippen LogP contribution < -0.4 is 4.74 Å². The number of ether oxygens (including phenoxy) is 1. The number of carboxylic acids is 1. The molecule has 0 spiro atoms. The van der Waals surface area contributed by atoms with E-state index in [1.54, 1.807) is 13.8 Å². The van der Waals surface area contributed by atoms with Crippen molar-refractivity contribution in [1.29, 1.82) is 0 Å². The molecule has 0 bridgehead atoms. The van der Waals surface area contributed by atoms with Crippen molar-refractivity contribution in [3.63, 3.8) is 0 Å². The van der Waals surface area contributed by atoms with Crippen LogP contribution >= 0.6 is 0 Å². The lowest BCUT2D eigenvalue weighted by molar-refractivity contribution is -0.385. The van der Waals surface area contributed by atoms with Gasteiger partial charge in [-0.1, -0.05) is 0 Å². The second-order valence-electron chi connectivity index (χ2n) is 4.22. The van der Waals surface area contributed by atoms with Crippen LogP contribution in [0.2, 0.25) is 0 Å². The molecule has 8 nitrogen and oxygen atoms in total. The Labute approximate surface area is 119 Å². The Bertz CT molecular complexity index is 708. The summed E-state index contributed by atoms with van der Waals surface area (Å²) in [5.74, 6) is -0.962. The maximum Gasteiger partial charge on any atom is 0.339 e. The smallest absolute Gasteiger partial charge is 0.339 e. The average molecular weight is 291 g/mol. The van der Waals surface area contributed by atoms with E-state index in [4.69, 9.17) is 9.84 Å². The normalized spacial score (nSPS) is 10.4. The molecule has 0 saturated carbocycles. The monoisotopic (exact) mass is 291 g/mol. The number of aryl methyl sites for hydroxylation is 1. The van der Waals surface area contributed by atoms with Gasteiger partial charge in [-0.3, -0.25) is 10.1 Å². The van der Waals surface area contributed by atoms with E-state index in [-0.39, 0.29) is 23.6 Å². The highest BCUT2D eigenvalue weighted by Crippen LogP contribution is 2.29. The molecule has 8 heteroatoms. The third-order valence-corrected chi connectivity index (χ3v) is 2.83. The van der Waals surface area contributed by atoms with Gasteiger partial charge < -0.3 is 9.84 Å². The predicted molar refractivity (Wildman–Crippen MR) is 73.1 cm³/mol. The molecule has 1 aromatic heterocycles. The van der Waals surface area contributed by atoms with Crippen LogP contribution in [0.4, 0.5) is 5.69 Å². The van der Waals surface area contributed by atoms with E-state index in [0.29, 0.717) is 11.4 Å². The van der Waals surface area contributed by atoms with Gasteiger partial charge in [0.15, 0.2) is 5.75 Å². The second-order valence-corrected chi connectivity index (χ2v) is 4.22. The number of hydrogen-bond acceptors (Lipinski definition) is 5. The van der Waals surface area contributed by atoms with E-state index < -0.39 is 10.9 Å². The van der Waals surface area contributed by atoms with Crippen LogP contribution in [0.1, 0.15) is 23.0 Å². The van der Waals surface area contributed by atoms with Gasteiger partial charge in [0, 0.05) is 18.3 Å². The molecule has 0 aliphatic rings. The van der Waals surface area contributed by atoms with Gasteiger partial charge in [-0.15, -0.1) is 0 Å². The average Bonchev–Trinajstić information content (AvgIpc) is 2.81. The van der Waals surface area contributed by atoms with Crippen molar-refractivity contribution in [1.82, 2.24) is 9.78 Å². The Hall–Kier alpha value is -2.90. The Morgan fingerprint density at radius 3 is 2.76 bits per heavy atom. The number of aromatic carboxylic acids is 1. The minimum atomic E-state index is -1.08. The highest BCUT2D eigenvalue weighted by atomic mass is 16.6. The number of nitro benzene ring substituents is 1. The van der Waals surface area contributed by atoms with Crippen molar-refractivity contribution < 1.29 is 19.6 Å². The molecule has 0 atom stereocenters. The lowest BCUT2D eigenvalue weighted by Crippen LogP contribution is -2.01. The summed E-state index contributed by atoms with van der Waals surface area (Å²) < 4.78 is 6.60. The highest BCUT2D eigenvalue weighted by Gasteiger charge is 2.18. The van der Waals surface area contributed by atoms with Gasteiger partial charge in [0.2, 0.25) is 0 Å². The fraction of sp³-hybridized carbons (Fsp3) is 0.231. The van der Waals surface area contributed by atoms with Crippen LogP contribution in [0.3, 0.4) is 0 Å². The number of benzene rings is 1. The second kappa shape index (κ2) is 5.61. The van der Waals surface area contributed by atoms with Crippen molar-refractivity contribution >= 4 is 11.7 Å². The third kappa shape index (κ3) is 2.83. The molecule has 0 saturated heterocycles. The summed E-state index contributed by atoms with van der Waals surface area (Å²) in [6, 6.07) is 4.25. The van der Waals surface area contributed by atoms with Crippen LogP contribution in [-0.4, -0.2) is 32.4 Å². The summed E-state index contributed by atoms with van der Waals surface area (Å²) in [4.78, 5) is 21.4. The van der Waals surface area contributed by atoms with Gasteiger partial charge in [-0.2, -0.15) is 5.10 Å². The number of carboxylic acid groups (broad SMARTS) is 1. The van der Waals surface area contributed by atoms with Crippen LogP contribution in [0, 0.1) is 17.0 Å². The minimum Gasteiger partial charge on any atom is -0.487 e. The van der Waals surface area contributed by atoms with Crippen LogP contribution in [-0.2, 0) is 0 Å². The first-order valence-electron chi connectivity index (χ1n) is 6.15. The molecule has 1 aromatic carbocycles. The zero-order valence-corrected chi connectivity index (χ0v) is 11.4. The number of nitro groups is 1. The van der Waals surface area contributed by atoms with Gasteiger partial charge in [0.05, 0.1) is 22.9 Å². The van der Waals surface area contributed by atoms with Crippen molar-refractivity contribution in [2.24, 2.45) is 0 Å². The number of carbonyl (C=O) groups is 1. The summed E-state index contributed by atoms with van der Waals surface area (Å²) in [6.07, 6.45) is 1.36. The lowest BCUT2D eigenvalue weighted by atomic mass is 10.2. The summed E-state index contributed by atoms with van der Waals surface area (Å²) in [5.41, 5.74) is 0.771. The number of hydrogen-bond donors (Lipinski definition) is 1. The van der Waals surface area contributed by atoms with Gasteiger partial charge in [0.25, 0.3) is 0 Å². The molecule has 0 radical (unpaired) electrons. The van der Waals surface area contributed by atoms with Gasteiger partial charge in [-0.05, 0) is 19.9 Å². The Kier molecular flexibility index (Phi) is 3.88. The van der Waals surface area contributed by atoms with Crippen molar-refractivity contribution in [2.45, 2.75) is 13.8 Å². The molecule has 110 valence electrons. The topological polar surface area (TPSA) is 107 Å². The Morgan fingerprint density at radius 1 is 1.52 bits per heavy atom. The first-order valence-corrected chi connectivity index (χ1v) is 6.15. The van der Waals surface area contributed by atoms with Crippen molar-refractivity contribution in [3.05, 3.63) is 45.8 Å². The summed E-state index contributed by atoms with van der Waals surface area (Å²) >= 11 is 0. The van der Waals surface area contributed by atoms with E-state index in [0.717, 1.165) is 0 Å². The Balaban J connectivity index is 2.49. The Morgan fingerprint density at radius 2 is 2.24 bits per heavy atom. The summed E-state index contributed by atoms with van der Waals surface area (Å²) in [6.45, 7) is 3.58. The first-order chi connectivity index (χ1) is 9.93. The quantitative estimate of drug-likeness (QED) is 0.668. The molecule has 0 aliphatic heterocycles. The molecule has 0 amide bonds. The third-order valence-electron chi connectivity index (χ3n) is 2.83. The maximum absolute atomic E-state index is 11.0. The van der Waals surface area contributed by atoms with Crippen molar-refractivity contribution in [2.75, 3.05) is 6.61 Å². The predicted octanol–water partition coefficient (Wildman–Crippen LogP) is 2.19. The molecule has 1 heterocycles. The molecule has 21 heavy (non-hydrogen) atoms. The number of nitrogens with zero attached hydrogens (tertiary/aromatic N) is 3. The first kappa shape index (κ1) is 14.5. The maximum atomic E-state index is 11.0. The SMILES string of the molecule is CCOc1cc(-n2cc(C(=O)O)c(C)n2)ccc1[N+](=O)[O-]. The van der Waals surface area contributed by atoms with E-state index in [1.807, 2.05) is 0 Å². The zero-order chi connectivity index (χ0) is 15.6. The molecular formula is C13H13N3O5. The number of rotatable bonds is 5. The molecule has 0 unspecified atom stereocenters. The zero-order valence-electron chi connectivity index (χ0n) is 11.4. The summed E-state index contributed by atoms with van der Waals surface area (Å²) in [5, 5.41) is 24.0. The fourth-order valence-corrected chi connectivity index (χ4v) is 1.87. The number of aromatic nitrogens is 2. The summed E-state index contributed by atoms with van der Waals surface area (Å²) in [7, 11) is 0. The molecule has 0 fully saturated rings.